The Hall–Kier alpha value is -2.98. The van der Waals surface area contributed by atoms with Crippen molar-refractivity contribution < 1.29 is 4.74 Å². The van der Waals surface area contributed by atoms with E-state index in [4.69, 9.17) is 4.74 Å². The number of ether oxygens (including phenoxy) is 1. The first-order valence-corrected chi connectivity index (χ1v) is 14.4. The molecule has 204 valence electrons. The largest absolute Gasteiger partial charge is 0.392 e. The quantitative estimate of drug-likeness (QED) is 0.297. The summed E-state index contributed by atoms with van der Waals surface area (Å²) in [5, 5.41) is 6.86. The Bertz CT molecular complexity index is 1150. The van der Waals surface area contributed by atoms with Crippen molar-refractivity contribution in [1.29, 1.82) is 0 Å². The van der Waals surface area contributed by atoms with E-state index in [1.54, 1.807) is 0 Å². The van der Waals surface area contributed by atoms with Crippen LogP contribution in [0.25, 0.3) is 11.1 Å². The van der Waals surface area contributed by atoms with E-state index in [9.17, 15) is 0 Å². The third-order valence-corrected chi connectivity index (χ3v) is 8.13. The molecule has 0 aromatic heterocycles. The molecule has 1 aliphatic heterocycles. The van der Waals surface area contributed by atoms with Gasteiger partial charge in [-0.3, -0.25) is 0 Å². The number of allylic oxidation sites excluding steroid dienone is 4. The molecule has 2 aromatic carbocycles. The molecule has 1 saturated carbocycles. The number of aryl methyl sites for hydroxylation is 1. The molecule has 4 heteroatoms. The highest BCUT2D eigenvalue weighted by Gasteiger charge is 2.30. The second kappa shape index (κ2) is 13.2. The highest BCUT2D eigenvalue weighted by atomic mass is 16.5. The van der Waals surface area contributed by atoms with Crippen LogP contribution in [0.2, 0.25) is 0 Å². The smallest absolute Gasteiger partial charge is 0.0485 e. The third-order valence-electron chi connectivity index (χ3n) is 8.13. The molecule has 0 amide bonds. The number of rotatable bonds is 12. The first-order valence-electron chi connectivity index (χ1n) is 14.4. The summed E-state index contributed by atoms with van der Waals surface area (Å²) in [4.78, 5) is 2.74. The van der Waals surface area contributed by atoms with E-state index in [1.165, 1.54) is 58.5 Å². The lowest BCUT2D eigenvalue weighted by Gasteiger charge is -2.38. The van der Waals surface area contributed by atoms with Crippen LogP contribution in [0.1, 0.15) is 56.2 Å². The number of nitrogens with zero attached hydrogens (tertiary/aromatic N) is 1. The molecule has 2 fully saturated rings. The molecule has 0 atom stereocenters. The van der Waals surface area contributed by atoms with Gasteiger partial charge in [0.2, 0.25) is 0 Å². The van der Waals surface area contributed by atoms with Gasteiger partial charge in [-0.2, -0.15) is 0 Å². The summed E-state index contributed by atoms with van der Waals surface area (Å²) >= 11 is 0. The van der Waals surface area contributed by atoms with Crippen molar-refractivity contribution in [2.45, 2.75) is 65.8 Å². The molecule has 4 rings (SSSR count). The van der Waals surface area contributed by atoms with Gasteiger partial charge in [0.15, 0.2) is 0 Å². The summed E-state index contributed by atoms with van der Waals surface area (Å²) in [7, 11) is 1.95. The molecule has 4 nitrogen and oxygen atoms in total. The fourth-order valence-corrected chi connectivity index (χ4v) is 5.43. The summed E-state index contributed by atoms with van der Waals surface area (Å²) in [6, 6.07) is 14.4. The predicted molar refractivity (Wildman–Crippen MR) is 163 cm³/mol. The summed E-state index contributed by atoms with van der Waals surface area (Å²) in [6.45, 7) is 16.5. The fourth-order valence-electron chi connectivity index (χ4n) is 5.43. The van der Waals surface area contributed by atoms with Crippen molar-refractivity contribution in [1.82, 2.24) is 10.6 Å². The SMILES string of the molecule is C=C/C(NCCc1cc(-c2ccc(C)cc2)cc(N(CC2CC2)C2CCOCC2)c1C)=C(C)\C=C(\C)NC. The van der Waals surface area contributed by atoms with Crippen molar-refractivity contribution in [3.05, 3.63) is 88.8 Å². The molecule has 0 spiro atoms. The lowest BCUT2D eigenvalue weighted by Crippen LogP contribution is -2.41. The Labute approximate surface area is 230 Å². The van der Waals surface area contributed by atoms with Crippen molar-refractivity contribution in [2.75, 3.05) is 38.3 Å². The van der Waals surface area contributed by atoms with Crippen LogP contribution in [0.4, 0.5) is 5.69 Å². The van der Waals surface area contributed by atoms with Gasteiger partial charge in [-0.15, -0.1) is 0 Å². The van der Waals surface area contributed by atoms with Gasteiger partial charge in [-0.25, -0.2) is 0 Å². The average molecular weight is 514 g/mol. The maximum atomic E-state index is 5.75. The highest BCUT2D eigenvalue weighted by molar-refractivity contribution is 5.73. The van der Waals surface area contributed by atoms with E-state index in [2.05, 4.69) is 92.3 Å². The zero-order chi connectivity index (χ0) is 27.1. The van der Waals surface area contributed by atoms with Gasteiger partial charge < -0.3 is 20.3 Å². The topological polar surface area (TPSA) is 36.5 Å². The van der Waals surface area contributed by atoms with E-state index < -0.39 is 0 Å². The zero-order valence-corrected chi connectivity index (χ0v) is 24.2. The summed E-state index contributed by atoms with van der Waals surface area (Å²) in [5.74, 6) is 0.836. The van der Waals surface area contributed by atoms with Gasteiger partial charge in [0.05, 0.1) is 0 Å². The molecule has 0 bridgehead atoms. The average Bonchev–Trinajstić information content (AvgIpc) is 3.76. The Balaban J connectivity index is 1.66. The minimum absolute atomic E-state index is 0.558. The van der Waals surface area contributed by atoms with Crippen molar-refractivity contribution >= 4 is 5.69 Å². The van der Waals surface area contributed by atoms with Gasteiger partial charge >= 0.3 is 0 Å². The fraction of sp³-hybridized carbons (Fsp3) is 0.471. The number of benzene rings is 2. The van der Waals surface area contributed by atoms with Gasteiger partial charge in [-0.05, 0) is 112 Å². The minimum atomic E-state index is 0.558. The Morgan fingerprint density at radius 1 is 1.03 bits per heavy atom. The monoisotopic (exact) mass is 513 g/mol. The molecular formula is C34H47N3O. The van der Waals surface area contributed by atoms with Gasteiger partial charge in [-0.1, -0.05) is 42.5 Å². The Morgan fingerprint density at radius 2 is 1.74 bits per heavy atom. The van der Waals surface area contributed by atoms with E-state index in [-0.39, 0.29) is 0 Å². The standard InChI is InChI=1S/C34H47N3O/c1-7-33(25(3)20-26(4)35-6)36-17-14-30-21-31(29-12-8-24(2)9-13-29)22-34(27(30)5)37(23-28-10-11-28)32-15-18-38-19-16-32/h7-9,12-13,20-22,28,32,35-36H,1,10-11,14-19,23H2,2-6H3/b26-20-,33-25+. The second-order valence-corrected chi connectivity index (χ2v) is 11.1. The van der Waals surface area contributed by atoms with Gasteiger partial charge in [0, 0.05) is 56.5 Å². The number of anilines is 1. The van der Waals surface area contributed by atoms with Crippen LogP contribution in [0.3, 0.4) is 0 Å². The summed E-state index contributed by atoms with van der Waals surface area (Å²) in [6.07, 6.45) is 10.0. The normalized spacial score (nSPS) is 17.1. The first kappa shape index (κ1) is 28.0. The third kappa shape index (κ3) is 7.32. The summed E-state index contributed by atoms with van der Waals surface area (Å²) < 4.78 is 5.75. The Kier molecular flexibility index (Phi) is 9.74. The highest BCUT2D eigenvalue weighted by Crippen LogP contribution is 2.38. The van der Waals surface area contributed by atoms with Gasteiger partial charge in [0.1, 0.15) is 0 Å². The molecule has 1 heterocycles. The molecule has 2 aromatic rings. The molecular weight excluding hydrogens is 466 g/mol. The first-order chi connectivity index (χ1) is 18.4. The van der Waals surface area contributed by atoms with Crippen LogP contribution >= 0.6 is 0 Å². The second-order valence-electron chi connectivity index (χ2n) is 11.1. The van der Waals surface area contributed by atoms with Crippen molar-refractivity contribution in [3.8, 4) is 11.1 Å². The van der Waals surface area contributed by atoms with Crippen molar-refractivity contribution in [2.24, 2.45) is 5.92 Å². The minimum Gasteiger partial charge on any atom is -0.392 e. The number of hydrogen-bond donors (Lipinski definition) is 2. The van der Waals surface area contributed by atoms with Crippen molar-refractivity contribution in [3.63, 3.8) is 0 Å². The van der Waals surface area contributed by atoms with E-state index in [1.807, 2.05) is 13.1 Å². The molecule has 1 aliphatic carbocycles. The predicted octanol–water partition coefficient (Wildman–Crippen LogP) is 7.08. The summed E-state index contributed by atoms with van der Waals surface area (Å²) in [5.41, 5.74) is 11.6. The maximum Gasteiger partial charge on any atom is 0.0485 e. The van der Waals surface area contributed by atoms with Crippen LogP contribution in [-0.4, -0.2) is 39.4 Å². The zero-order valence-electron chi connectivity index (χ0n) is 24.2. The molecule has 0 radical (unpaired) electrons. The van der Waals surface area contributed by atoms with Crippen LogP contribution in [0.15, 0.2) is 72.1 Å². The van der Waals surface area contributed by atoms with Crippen LogP contribution in [-0.2, 0) is 11.2 Å². The van der Waals surface area contributed by atoms with Crippen LogP contribution in [0.5, 0.6) is 0 Å². The maximum absolute atomic E-state index is 5.75. The molecule has 0 unspecified atom stereocenters. The lowest BCUT2D eigenvalue weighted by atomic mass is 9.93. The Morgan fingerprint density at radius 3 is 2.37 bits per heavy atom. The lowest BCUT2D eigenvalue weighted by molar-refractivity contribution is 0.0842. The van der Waals surface area contributed by atoms with E-state index >= 15 is 0 Å². The number of nitrogens with one attached hydrogen (secondary N) is 2. The molecule has 2 N–H and O–H groups in total. The molecule has 38 heavy (non-hydrogen) atoms. The number of hydrogen-bond acceptors (Lipinski definition) is 4. The molecule has 2 aliphatic rings. The van der Waals surface area contributed by atoms with Gasteiger partial charge in [0.25, 0.3) is 0 Å². The molecule has 1 saturated heterocycles. The van der Waals surface area contributed by atoms with E-state index in [0.29, 0.717) is 6.04 Å². The van der Waals surface area contributed by atoms with E-state index in [0.717, 1.165) is 56.3 Å². The van der Waals surface area contributed by atoms with Crippen LogP contribution in [0, 0.1) is 19.8 Å². The van der Waals surface area contributed by atoms with Crippen LogP contribution < -0.4 is 15.5 Å².